The lowest BCUT2D eigenvalue weighted by Gasteiger charge is -2.16. The predicted molar refractivity (Wildman–Crippen MR) is 82.2 cm³/mol. The van der Waals surface area contributed by atoms with Gasteiger partial charge in [0, 0.05) is 5.69 Å². The number of benzene rings is 2. The number of hydrogen-bond acceptors (Lipinski definition) is 2. The van der Waals surface area contributed by atoms with Crippen molar-refractivity contribution in [3.8, 4) is 0 Å². The molecule has 6 heteroatoms. The first-order chi connectivity index (χ1) is 10.7. The fourth-order valence-electron chi connectivity index (χ4n) is 2.29. The number of aromatic carboxylic acids is 1. The molecule has 0 aliphatic rings. The van der Waals surface area contributed by atoms with Crippen molar-refractivity contribution in [3.05, 3.63) is 58.7 Å². The normalized spacial score (nSPS) is 11.3. The van der Waals surface area contributed by atoms with E-state index in [1.807, 2.05) is 26.0 Å². The Morgan fingerprint density at radius 2 is 1.83 bits per heavy atom. The standard InChI is InChI=1S/C17H16F3NO2/c1-3-11-8-10(2)4-7-14(11)21-15-9-12(17(18,19)20)5-6-13(15)16(22)23/h4-9,21H,3H2,1-2H3,(H,22,23). The smallest absolute Gasteiger partial charge is 0.416 e. The van der Waals surface area contributed by atoms with Crippen LogP contribution in [0.15, 0.2) is 36.4 Å². The molecule has 0 aliphatic heterocycles. The Balaban J connectivity index is 2.51. The third-order valence-electron chi connectivity index (χ3n) is 3.49. The predicted octanol–water partition coefficient (Wildman–Crippen LogP) is 5.02. The first-order valence-corrected chi connectivity index (χ1v) is 7.03. The zero-order chi connectivity index (χ0) is 17.2. The van der Waals surface area contributed by atoms with Gasteiger partial charge in [-0.05, 0) is 43.2 Å². The molecule has 23 heavy (non-hydrogen) atoms. The summed E-state index contributed by atoms with van der Waals surface area (Å²) in [7, 11) is 0. The Morgan fingerprint density at radius 3 is 2.39 bits per heavy atom. The van der Waals surface area contributed by atoms with Gasteiger partial charge in [0.15, 0.2) is 0 Å². The monoisotopic (exact) mass is 323 g/mol. The van der Waals surface area contributed by atoms with Crippen LogP contribution < -0.4 is 5.32 Å². The van der Waals surface area contributed by atoms with Crippen LogP contribution in [0.4, 0.5) is 24.5 Å². The summed E-state index contributed by atoms with van der Waals surface area (Å²) in [6.07, 6.45) is -3.86. The van der Waals surface area contributed by atoms with E-state index in [0.29, 0.717) is 12.1 Å². The van der Waals surface area contributed by atoms with Gasteiger partial charge in [-0.15, -0.1) is 0 Å². The molecule has 0 saturated heterocycles. The van der Waals surface area contributed by atoms with Crippen molar-refractivity contribution in [2.75, 3.05) is 5.32 Å². The van der Waals surface area contributed by atoms with Crippen LogP contribution in [0, 0.1) is 6.92 Å². The SMILES string of the molecule is CCc1cc(C)ccc1Nc1cc(C(F)(F)F)ccc1C(=O)O. The minimum atomic E-state index is -4.53. The molecule has 0 aromatic heterocycles. The largest absolute Gasteiger partial charge is 0.478 e. The molecular formula is C17H16F3NO2. The lowest BCUT2D eigenvalue weighted by Crippen LogP contribution is -2.09. The average Bonchev–Trinajstić information content (AvgIpc) is 2.47. The van der Waals surface area contributed by atoms with Gasteiger partial charge in [-0.2, -0.15) is 13.2 Å². The molecule has 0 unspecified atom stereocenters. The summed E-state index contributed by atoms with van der Waals surface area (Å²) in [6, 6.07) is 8.02. The minimum absolute atomic E-state index is 0.0779. The van der Waals surface area contributed by atoms with Gasteiger partial charge in [0.25, 0.3) is 0 Å². The first kappa shape index (κ1) is 16.9. The molecule has 0 amide bonds. The van der Waals surface area contributed by atoms with Gasteiger partial charge in [0.05, 0.1) is 16.8 Å². The molecule has 0 spiro atoms. The fraction of sp³-hybridized carbons (Fsp3) is 0.235. The van der Waals surface area contributed by atoms with E-state index in [1.165, 1.54) is 0 Å². The van der Waals surface area contributed by atoms with Gasteiger partial charge in [-0.25, -0.2) is 4.79 Å². The molecular weight excluding hydrogens is 307 g/mol. The summed E-state index contributed by atoms with van der Waals surface area (Å²) in [5.74, 6) is -1.29. The molecule has 0 bridgehead atoms. The number of nitrogens with one attached hydrogen (secondary N) is 1. The minimum Gasteiger partial charge on any atom is -0.478 e. The van der Waals surface area contributed by atoms with Crippen LogP contribution in [-0.4, -0.2) is 11.1 Å². The third kappa shape index (κ3) is 3.83. The van der Waals surface area contributed by atoms with Gasteiger partial charge in [-0.1, -0.05) is 24.6 Å². The molecule has 0 heterocycles. The molecule has 2 rings (SSSR count). The molecule has 0 radical (unpaired) electrons. The number of aryl methyl sites for hydroxylation is 2. The van der Waals surface area contributed by atoms with Crippen molar-refractivity contribution < 1.29 is 23.1 Å². The second-order valence-electron chi connectivity index (χ2n) is 5.20. The Bertz CT molecular complexity index is 739. The van der Waals surface area contributed by atoms with Crippen molar-refractivity contribution in [1.82, 2.24) is 0 Å². The Labute approximate surface area is 131 Å². The number of carbonyl (C=O) groups is 1. The highest BCUT2D eigenvalue weighted by molar-refractivity contribution is 5.95. The average molecular weight is 323 g/mol. The van der Waals surface area contributed by atoms with Crippen molar-refractivity contribution >= 4 is 17.3 Å². The maximum absolute atomic E-state index is 12.9. The number of alkyl halides is 3. The molecule has 0 saturated carbocycles. The molecule has 0 fully saturated rings. The molecule has 2 aromatic rings. The summed E-state index contributed by atoms with van der Waals surface area (Å²) < 4.78 is 38.6. The Hall–Kier alpha value is -2.50. The van der Waals surface area contributed by atoms with Crippen LogP contribution in [0.5, 0.6) is 0 Å². The fourth-order valence-corrected chi connectivity index (χ4v) is 2.29. The maximum atomic E-state index is 12.9. The zero-order valence-corrected chi connectivity index (χ0v) is 12.7. The third-order valence-corrected chi connectivity index (χ3v) is 3.49. The quantitative estimate of drug-likeness (QED) is 0.831. The van der Waals surface area contributed by atoms with Crippen molar-refractivity contribution in [3.63, 3.8) is 0 Å². The lowest BCUT2D eigenvalue weighted by molar-refractivity contribution is -0.137. The van der Waals surface area contributed by atoms with Crippen LogP contribution in [0.25, 0.3) is 0 Å². The maximum Gasteiger partial charge on any atom is 0.416 e. The van der Waals surface area contributed by atoms with Crippen LogP contribution in [-0.2, 0) is 12.6 Å². The Kier molecular flexibility index (Phi) is 4.63. The lowest BCUT2D eigenvalue weighted by atomic mass is 10.0. The zero-order valence-electron chi connectivity index (χ0n) is 12.7. The van der Waals surface area contributed by atoms with Crippen LogP contribution in [0.1, 0.15) is 34.0 Å². The number of anilines is 2. The van der Waals surface area contributed by atoms with Gasteiger partial charge in [0.2, 0.25) is 0 Å². The molecule has 2 aromatic carbocycles. The van der Waals surface area contributed by atoms with E-state index >= 15 is 0 Å². The topological polar surface area (TPSA) is 49.3 Å². The summed E-state index contributed by atoms with van der Waals surface area (Å²) in [6.45, 7) is 3.83. The van der Waals surface area contributed by atoms with Gasteiger partial charge >= 0.3 is 12.1 Å². The van der Waals surface area contributed by atoms with E-state index in [9.17, 15) is 23.1 Å². The van der Waals surface area contributed by atoms with Crippen molar-refractivity contribution in [1.29, 1.82) is 0 Å². The second kappa shape index (κ2) is 6.32. The second-order valence-corrected chi connectivity index (χ2v) is 5.20. The molecule has 122 valence electrons. The molecule has 0 aliphatic carbocycles. The van der Waals surface area contributed by atoms with Gasteiger partial charge in [-0.3, -0.25) is 0 Å². The van der Waals surface area contributed by atoms with Gasteiger partial charge in [0.1, 0.15) is 0 Å². The number of hydrogen-bond donors (Lipinski definition) is 2. The first-order valence-electron chi connectivity index (χ1n) is 7.03. The van der Waals surface area contributed by atoms with Gasteiger partial charge < -0.3 is 10.4 Å². The Morgan fingerprint density at radius 1 is 1.13 bits per heavy atom. The van der Waals surface area contributed by atoms with E-state index < -0.39 is 17.7 Å². The summed E-state index contributed by atoms with van der Waals surface area (Å²) in [4.78, 5) is 11.3. The summed E-state index contributed by atoms with van der Waals surface area (Å²) in [5, 5.41) is 12.0. The molecule has 2 N–H and O–H groups in total. The van der Waals surface area contributed by atoms with Crippen molar-refractivity contribution in [2.45, 2.75) is 26.4 Å². The molecule has 3 nitrogen and oxygen atoms in total. The van der Waals surface area contributed by atoms with Crippen LogP contribution >= 0.6 is 0 Å². The van der Waals surface area contributed by atoms with E-state index in [-0.39, 0.29) is 11.3 Å². The summed E-state index contributed by atoms with van der Waals surface area (Å²) >= 11 is 0. The number of halogens is 3. The van der Waals surface area contributed by atoms with E-state index in [0.717, 1.165) is 29.3 Å². The number of carboxylic acid groups (broad SMARTS) is 1. The van der Waals surface area contributed by atoms with E-state index in [4.69, 9.17) is 0 Å². The molecule has 0 atom stereocenters. The highest BCUT2D eigenvalue weighted by atomic mass is 19.4. The van der Waals surface area contributed by atoms with E-state index in [1.54, 1.807) is 6.07 Å². The van der Waals surface area contributed by atoms with Crippen LogP contribution in [0.3, 0.4) is 0 Å². The number of carboxylic acids is 1. The van der Waals surface area contributed by atoms with E-state index in [2.05, 4.69) is 5.32 Å². The highest BCUT2D eigenvalue weighted by Crippen LogP contribution is 2.34. The summed E-state index contributed by atoms with van der Waals surface area (Å²) in [5.41, 5.74) is 1.34. The van der Waals surface area contributed by atoms with Crippen molar-refractivity contribution in [2.24, 2.45) is 0 Å². The van der Waals surface area contributed by atoms with Crippen LogP contribution in [0.2, 0.25) is 0 Å². The number of rotatable bonds is 4. The highest BCUT2D eigenvalue weighted by Gasteiger charge is 2.31.